The number of amides is 1. The van der Waals surface area contributed by atoms with Crippen LogP contribution < -0.4 is 10.6 Å². The van der Waals surface area contributed by atoms with Crippen molar-refractivity contribution < 1.29 is 9.18 Å². The van der Waals surface area contributed by atoms with Gasteiger partial charge in [0.15, 0.2) is 0 Å². The molecule has 9 heteroatoms. The van der Waals surface area contributed by atoms with Gasteiger partial charge in [0.25, 0.3) is 0 Å². The fourth-order valence-electron chi connectivity index (χ4n) is 4.36. The number of rotatable bonds is 7. The van der Waals surface area contributed by atoms with Crippen LogP contribution in [0, 0.1) is 11.9 Å². The van der Waals surface area contributed by atoms with E-state index in [0.717, 1.165) is 30.4 Å². The van der Waals surface area contributed by atoms with Crippen LogP contribution in [0.5, 0.6) is 0 Å². The summed E-state index contributed by atoms with van der Waals surface area (Å²) in [5.74, 6) is 0.986. The highest BCUT2D eigenvalue weighted by molar-refractivity contribution is 6.30. The highest BCUT2D eigenvalue weighted by Crippen LogP contribution is 2.48. The first-order valence-corrected chi connectivity index (χ1v) is 11.7. The van der Waals surface area contributed by atoms with Crippen molar-refractivity contribution in [2.45, 2.75) is 37.6 Å². The zero-order chi connectivity index (χ0) is 23.2. The van der Waals surface area contributed by atoms with E-state index in [1.54, 1.807) is 6.07 Å². The average Bonchev–Trinajstić information content (AvgIpc) is 3.75. The summed E-state index contributed by atoms with van der Waals surface area (Å²) in [4.78, 5) is 25.4. The van der Waals surface area contributed by atoms with Crippen LogP contribution in [0.2, 0.25) is 5.02 Å². The highest BCUT2D eigenvalue weighted by Gasteiger charge is 2.44. The predicted octanol–water partition coefficient (Wildman–Crippen LogP) is 5.15. The van der Waals surface area contributed by atoms with Gasteiger partial charge in [-0.1, -0.05) is 29.8 Å². The van der Waals surface area contributed by atoms with E-state index < -0.39 is 0 Å². The summed E-state index contributed by atoms with van der Waals surface area (Å²) in [6.45, 7) is 0.163. The summed E-state index contributed by atoms with van der Waals surface area (Å²) in [5.41, 5.74) is 3.09. The molecule has 2 unspecified atom stereocenters. The molecule has 0 radical (unpaired) electrons. The number of halogens is 2. The molecular weight excluding hydrogens is 455 g/mol. The van der Waals surface area contributed by atoms with E-state index >= 15 is 0 Å². The lowest BCUT2D eigenvalue weighted by Crippen LogP contribution is -2.16. The number of pyridine rings is 1. The van der Waals surface area contributed by atoms with Crippen LogP contribution >= 0.6 is 11.6 Å². The summed E-state index contributed by atoms with van der Waals surface area (Å²) in [5, 5.41) is 6.60. The van der Waals surface area contributed by atoms with E-state index in [2.05, 4.69) is 25.6 Å². The van der Waals surface area contributed by atoms with Gasteiger partial charge in [-0.3, -0.25) is 9.20 Å². The molecule has 2 aliphatic rings. The van der Waals surface area contributed by atoms with Gasteiger partial charge in [0.2, 0.25) is 11.9 Å². The number of nitrogens with zero attached hydrogens (tertiary/aromatic N) is 4. The number of hydrogen-bond donors (Lipinski definition) is 2. The SMILES string of the molecule is O=C(Nc1cc(NCc2nc3ccc(C4CC4)cn3c2F)ncn1)C1CC1c1cccc(Cl)c1. The van der Waals surface area contributed by atoms with Crippen molar-refractivity contribution >= 4 is 34.8 Å². The van der Waals surface area contributed by atoms with E-state index in [1.807, 2.05) is 42.6 Å². The van der Waals surface area contributed by atoms with Crippen LogP contribution in [0.1, 0.15) is 47.9 Å². The number of nitrogens with one attached hydrogen (secondary N) is 2. The van der Waals surface area contributed by atoms with Crippen molar-refractivity contribution in [1.82, 2.24) is 19.4 Å². The van der Waals surface area contributed by atoms with E-state index in [1.165, 1.54) is 10.7 Å². The molecule has 2 N–H and O–H groups in total. The third-order valence-electron chi connectivity index (χ3n) is 6.46. The van der Waals surface area contributed by atoms with E-state index in [-0.39, 0.29) is 30.2 Å². The smallest absolute Gasteiger partial charge is 0.229 e. The Labute approximate surface area is 200 Å². The zero-order valence-corrected chi connectivity index (χ0v) is 19.0. The molecule has 1 aromatic carbocycles. The molecule has 6 rings (SSSR count). The third kappa shape index (κ3) is 4.21. The van der Waals surface area contributed by atoms with Gasteiger partial charge in [-0.25, -0.2) is 15.0 Å². The Hall–Kier alpha value is -3.52. The summed E-state index contributed by atoms with van der Waals surface area (Å²) >= 11 is 6.07. The van der Waals surface area contributed by atoms with Gasteiger partial charge in [-0.05, 0) is 60.4 Å². The third-order valence-corrected chi connectivity index (χ3v) is 6.69. The first-order chi connectivity index (χ1) is 16.5. The van der Waals surface area contributed by atoms with Crippen molar-refractivity contribution in [3.05, 3.63) is 82.8 Å². The van der Waals surface area contributed by atoms with Gasteiger partial charge in [-0.15, -0.1) is 0 Å². The first kappa shape index (κ1) is 21.0. The molecule has 0 aliphatic heterocycles. The Morgan fingerprint density at radius 1 is 1.12 bits per heavy atom. The van der Waals surface area contributed by atoms with Crippen molar-refractivity contribution in [3.8, 4) is 0 Å². The number of imidazole rings is 1. The summed E-state index contributed by atoms with van der Waals surface area (Å²) in [7, 11) is 0. The molecule has 0 spiro atoms. The standard InChI is InChI=1S/C25H22ClFN6O/c26-17-3-1-2-15(8-17)18-9-19(18)25(34)32-22-10-21(29-13-30-22)28-11-20-24(27)33-12-16(14-4-5-14)6-7-23(33)31-20/h1-3,6-8,10,12-14,18-19H,4-5,9,11H2,(H2,28,29,30,32,34). The maximum atomic E-state index is 14.9. The Balaban J connectivity index is 1.10. The second-order valence-electron chi connectivity index (χ2n) is 8.95. The molecule has 0 saturated heterocycles. The highest BCUT2D eigenvalue weighted by atomic mass is 35.5. The molecule has 172 valence electrons. The normalized spacial score (nSPS) is 19.2. The molecule has 2 fully saturated rings. The Morgan fingerprint density at radius 2 is 1.97 bits per heavy atom. The maximum Gasteiger partial charge on any atom is 0.229 e. The minimum atomic E-state index is -0.381. The molecule has 2 aliphatic carbocycles. The number of fused-ring (bicyclic) bond motifs is 1. The molecule has 4 aromatic rings. The number of carbonyl (C=O) groups is 1. The van der Waals surface area contributed by atoms with Crippen LogP contribution in [0.25, 0.3) is 5.65 Å². The van der Waals surface area contributed by atoms with Gasteiger partial charge in [0, 0.05) is 23.2 Å². The second kappa shape index (κ2) is 8.36. The van der Waals surface area contributed by atoms with Gasteiger partial charge in [0.05, 0.1) is 6.54 Å². The lowest BCUT2D eigenvalue weighted by Gasteiger charge is -2.07. The summed E-state index contributed by atoms with van der Waals surface area (Å²) in [6, 6.07) is 13.1. The molecular formula is C25H22ClFN6O. The van der Waals surface area contributed by atoms with Gasteiger partial charge >= 0.3 is 0 Å². The summed E-state index contributed by atoms with van der Waals surface area (Å²) in [6.07, 6.45) is 6.29. The molecule has 2 saturated carbocycles. The zero-order valence-electron chi connectivity index (χ0n) is 18.2. The van der Waals surface area contributed by atoms with Gasteiger partial charge < -0.3 is 10.6 Å². The molecule has 0 bridgehead atoms. The molecule has 2 atom stereocenters. The first-order valence-electron chi connectivity index (χ1n) is 11.3. The number of hydrogen-bond acceptors (Lipinski definition) is 5. The van der Waals surface area contributed by atoms with Crippen LogP contribution in [0.3, 0.4) is 0 Å². The van der Waals surface area contributed by atoms with Crippen LogP contribution in [-0.4, -0.2) is 25.3 Å². The number of carbonyl (C=O) groups excluding carboxylic acids is 1. The lowest BCUT2D eigenvalue weighted by atomic mass is 10.1. The quantitative estimate of drug-likeness (QED) is 0.385. The van der Waals surface area contributed by atoms with Crippen LogP contribution in [0.4, 0.5) is 16.0 Å². The van der Waals surface area contributed by atoms with E-state index in [9.17, 15) is 9.18 Å². The fourth-order valence-corrected chi connectivity index (χ4v) is 4.56. The fraction of sp³-hybridized carbons (Fsp3) is 0.280. The van der Waals surface area contributed by atoms with Crippen molar-refractivity contribution in [1.29, 1.82) is 0 Å². The molecule has 1 amide bonds. The number of anilines is 2. The topological polar surface area (TPSA) is 84.2 Å². The predicted molar refractivity (Wildman–Crippen MR) is 127 cm³/mol. The molecule has 34 heavy (non-hydrogen) atoms. The van der Waals surface area contributed by atoms with Crippen LogP contribution in [0.15, 0.2) is 55.0 Å². The number of benzene rings is 1. The Kier molecular flexibility index (Phi) is 5.17. The van der Waals surface area contributed by atoms with Crippen LogP contribution in [-0.2, 0) is 11.3 Å². The minimum absolute atomic E-state index is 0.0903. The minimum Gasteiger partial charge on any atom is -0.364 e. The number of aromatic nitrogens is 4. The largest absolute Gasteiger partial charge is 0.364 e. The Bertz CT molecular complexity index is 1400. The van der Waals surface area contributed by atoms with E-state index in [4.69, 9.17) is 11.6 Å². The molecule has 7 nitrogen and oxygen atoms in total. The van der Waals surface area contributed by atoms with Gasteiger partial charge in [0.1, 0.15) is 29.3 Å². The summed E-state index contributed by atoms with van der Waals surface area (Å²) < 4.78 is 16.4. The molecule has 3 aromatic heterocycles. The van der Waals surface area contributed by atoms with Gasteiger partial charge in [-0.2, -0.15) is 4.39 Å². The monoisotopic (exact) mass is 476 g/mol. The Morgan fingerprint density at radius 3 is 2.79 bits per heavy atom. The second-order valence-corrected chi connectivity index (χ2v) is 9.39. The van der Waals surface area contributed by atoms with Crippen molar-refractivity contribution in [2.24, 2.45) is 5.92 Å². The van der Waals surface area contributed by atoms with Crippen molar-refractivity contribution in [2.75, 3.05) is 10.6 Å². The van der Waals surface area contributed by atoms with Crippen molar-refractivity contribution in [3.63, 3.8) is 0 Å². The molecule has 3 heterocycles. The van der Waals surface area contributed by atoms with E-state index in [0.29, 0.717) is 33.9 Å². The lowest BCUT2D eigenvalue weighted by molar-refractivity contribution is -0.117. The maximum absolute atomic E-state index is 14.9. The average molecular weight is 477 g/mol.